The lowest BCUT2D eigenvalue weighted by atomic mass is 9.90. The molecule has 36 heavy (non-hydrogen) atoms. The number of rotatable bonds is 12. The van der Waals surface area contributed by atoms with Gasteiger partial charge in [0.15, 0.2) is 11.6 Å². The van der Waals surface area contributed by atoms with Crippen LogP contribution in [0.5, 0.6) is 0 Å². The van der Waals surface area contributed by atoms with Crippen LogP contribution in [-0.4, -0.2) is 70.3 Å². The monoisotopic (exact) mass is 523 g/mol. The Kier molecular flexibility index (Phi) is 9.61. The van der Waals surface area contributed by atoms with Gasteiger partial charge in [0, 0.05) is 30.7 Å². The van der Waals surface area contributed by atoms with Crippen molar-refractivity contribution in [3.8, 4) is 0 Å². The number of allylic oxidation sites excluding steroid dienone is 1. The first-order valence-electron chi connectivity index (χ1n) is 13.3. The molecule has 200 valence electrons. The molecular formula is C25H39ClFN7O2. The van der Waals surface area contributed by atoms with Crippen LogP contribution in [0.3, 0.4) is 0 Å². The Morgan fingerprint density at radius 3 is 2.64 bits per heavy atom. The van der Waals surface area contributed by atoms with E-state index in [0.717, 1.165) is 64.0 Å². The van der Waals surface area contributed by atoms with E-state index in [9.17, 15) is 10.0 Å². The molecule has 3 heterocycles. The number of aromatic nitrogens is 2. The van der Waals surface area contributed by atoms with Crippen LogP contribution in [0, 0.1) is 17.7 Å². The van der Waals surface area contributed by atoms with Crippen molar-refractivity contribution in [2.45, 2.75) is 70.8 Å². The predicted octanol–water partition coefficient (Wildman–Crippen LogP) is 4.20. The van der Waals surface area contributed by atoms with Gasteiger partial charge >= 0.3 is 0 Å². The largest absolute Gasteiger partial charge is 0.350 e. The van der Waals surface area contributed by atoms with E-state index in [2.05, 4.69) is 25.7 Å². The molecule has 9 nitrogen and oxygen atoms in total. The summed E-state index contributed by atoms with van der Waals surface area (Å²) in [4.78, 5) is 23.9. The van der Waals surface area contributed by atoms with E-state index >= 15 is 4.39 Å². The van der Waals surface area contributed by atoms with E-state index in [1.54, 1.807) is 0 Å². The van der Waals surface area contributed by atoms with Gasteiger partial charge < -0.3 is 15.2 Å². The Morgan fingerprint density at radius 2 is 1.94 bits per heavy atom. The average Bonchev–Trinajstić information content (AvgIpc) is 3.65. The number of carbonyl (C=O) groups excluding carboxylic acids is 1. The lowest BCUT2D eigenvalue weighted by Crippen LogP contribution is -2.40. The summed E-state index contributed by atoms with van der Waals surface area (Å²) in [6.07, 6.45) is 12.2. The molecule has 1 saturated carbocycles. The van der Waals surface area contributed by atoms with Crippen LogP contribution in [0.4, 0.5) is 16.0 Å². The summed E-state index contributed by atoms with van der Waals surface area (Å²) in [6, 6.07) is 0.199. The van der Waals surface area contributed by atoms with Crippen molar-refractivity contribution in [3.63, 3.8) is 0 Å². The SMILES string of the molecule is C/C=C(/NNc1nc(Cl)nc(N2CCC[C@H]2CN2CCCC2)c1F)[C@H](CC1CCCC1)CN(O)C=O. The zero-order valence-corrected chi connectivity index (χ0v) is 21.9. The zero-order valence-electron chi connectivity index (χ0n) is 21.1. The number of hydrazine groups is 1. The number of nitrogens with zero attached hydrogens (tertiary/aromatic N) is 5. The topological polar surface area (TPSA) is 96.9 Å². The smallest absolute Gasteiger partial charge is 0.233 e. The van der Waals surface area contributed by atoms with E-state index in [-0.39, 0.29) is 35.4 Å². The summed E-state index contributed by atoms with van der Waals surface area (Å²) >= 11 is 6.24. The molecule has 1 aromatic rings. The van der Waals surface area contributed by atoms with E-state index in [4.69, 9.17) is 11.6 Å². The zero-order chi connectivity index (χ0) is 25.5. The number of amides is 1. The van der Waals surface area contributed by atoms with Gasteiger partial charge in [0.05, 0.1) is 6.54 Å². The molecule has 2 aliphatic heterocycles. The third-order valence-corrected chi connectivity index (χ3v) is 7.99. The second-order valence-electron chi connectivity index (χ2n) is 10.3. The molecule has 0 spiro atoms. The van der Waals surface area contributed by atoms with Gasteiger partial charge in [0.1, 0.15) is 0 Å². The summed E-state index contributed by atoms with van der Waals surface area (Å²) < 4.78 is 15.7. The van der Waals surface area contributed by atoms with Gasteiger partial charge in [-0.3, -0.25) is 15.4 Å². The minimum atomic E-state index is -0.542. The number of hydrogen-bond donors (Lipinski definition) is 3. The summed E-state index contributed by atoms with van der Waals surface area (Å²) in [5.41, 5.74) is 6.74. The lowest BCUT2D eigenvalue weighted by molar-refractivity contribution is -0.151. The normalized spacial score (nSPS) is 22.3. The standard InChI is InChI=1S/C25H39ClFN7O2/c1-2-21(19(15-33(36)17-35)14-18-8-3-4-9-18)30-31-23-22(27)24(29-25(26)28-23)34-13-7-10-20(34)16-32-11-5-6-12-32/h2,17-20,30,36H,3-16H2,1H3,(H,28,29,31)/b21-2+/t19-,20+/m1/s1. The van der Waals surface area contributed by atoms with Crippen LogP contribution in [-0.2, 0) is 4.79 Å². The highest BCUT2D eigenvalue weighted by molar-refractivity contribution is 6.28. The maximum Gasteiger partial charge on any atom is 0.233 e. The van der Waals surface area contributed by atoms with Crippen molar-refractivity contribution < 1.29 is 14.4 Å². The van der Waals surface area contributed by atoms with Gasteiger partial charge in [-0.25, -0.2) is 5.06 Å². The number of anilines is 2. The molecule has 2 atom stereocenters. The highest BCUT2D eigenvalue weighted by atomic mass is 35.5. The number of carbonyl (C=O) groups is 1. The second kappa shape index (κ2) is 12.9. The predicted molar refractivity (Wildman–Crippen MR) is 138 cm³/mol. The first-order valence-corrected chi connectivity index (χ1v) is 13.7. The molecule has 0 unspecified atom stereocenters. The molecule has 0 radical (unpaired) electrons. The fourth-order valence-electron chi connectivity index (χ4n) is 6.01. The van der Waals surface area contributed by atoms with Crippen LogP contribution >= 0.6 is 11.6 Å². The van der Waals surface area contributed by atoms with Crippen molar-refractivity contribution in [2.75, 3.05) is 43.0 Å². The van der Waals surface area contributed by atoms with E-state index < -0.39 is 5.82 Å². The molecule has 3 fully saturated rings. The molecule has 4 rings (SSSR count). The minimum Gasteiger partial charge on any atom is -0.350 e. The van der Waals surface area contributed by atoms with Crippen LogP contribution < -0.4 is 15.8 Å². The highest BCUT2D eigenvalue weighted by Gasteiger charge is 2.32. The third kappa shape index (κ3) is 6.77. The molecule has 1 aliphatic carbocycles. The molecule has 0 bridgehead atoms. The third-order valence-electron chi connectivity index (χ3n) is 7.82. The minimum absolute atomic E-state index is 0.0189. The molecule has 2 saturated heterocycles. The maximum absolute atomic E-state index is 15.7. The van der Waals surface area contributed by atoms with Crippen molar-refractivity contribution in [3.05, 3.63) is 22.9 Å². The number of hydrogen-bond acceptors (Lipinski definition) is 8. The summed E-state index contributed by atoms with van der Waals surface area (Å²) in [5, 5.41) is 10.5. The molecule has 3 aliphatic rings. The summed E-state index contributed by atoms with van der Waals surface area (Å²) in [6.45, 7) is 5.85. The summed E-state index contributed by atoms with van der Waals surface area (Å²) in [5.74, 6) is 0.0650. The summed E-state index contributed by atoms with van der Waals surface area (Å²) in [7, 11) is 0. The Bertz CT molecular complexity index is 909. The van der Waals surface area contributed by atoms with E-state index in [1.807, 2.05) is 17.9 Å². The molecule has 1 aromatic heterocycles. The Balaban J connectivity index is 1.47. The number of likely N-dealkylation sites (tertiary alicyclic amines) is 1. The Labute approximate surface area is 218 Å². The van der Waals surface area contributed by atoms with E-state index in [1.165, 1.54) is 25.7 Å². The molecule has 1 amide bonds. The van der Waals surface area contributed by atoms with E-state index in [0.29, 0.717) is 17.4 Å². The Morgan fingerprint density at radius 1 is 1.19 bits per heavy atom. The fraction of sp³-hybridized carbons (Fsp3) is 0.720. The van der Waals surface area contributed by atoms with Gasteiger partial charge in [-0.05, 0) is 69.6 Å². The van der Waals surface area contributed by atoms with Crippen LogP contribution in [0.1, 0.15) is 64.7 Å². The lowest BCUT2D eigenvalue weighted by Gasteiger charge is -2.30. The molecule has 0 aromatic carbocycles. The van der Waals surface area contributed by atoms with Gasteiger partial charge in [-0.2, -0.15) is 14.4 Å². The number of halogens is 2. The first-order chi connectivity index (χ1) is 17.5. The van der Waals surface area contributed by atoms with Gasteiger partial charge in [-0.1, -0.05) is 31.8 Å². The highest BCUT2D eigenvalue weighted by Crippen LogP contribution is 2.33. The van der Waals surface area contributed by atoms with Crippen LogP contribution in [0.2, 0.25) is 5.28 Å². The maximum atomic E-state index is 15.7. The fourth-order valence-corrected chi connectivity index (χ4v) is 6.17. The van der Waals surface area contributed by atoms with Crippen molar-refractivity contribution >= 4 is 29.6 Å². The van der Waals surface area contributed by atoms with Gasteiger partial charge in [0.25, 0.3) is 0 Å². The van der Waals surface area contributed by atoms with Crippen molar-refractivity contribution in [2.24, 2.45) is 11.8 Å². The Hall–Kier alpha value is -2.17. The van der Waals surface area contributed by atoms with Crippen molar-refractivity contribution in [1.29, 1.82) is 0 Å². The van der Waals surface area contributed by atoms with Crippen LogP contribution in [0.15, 0.2) is 11.8 Å². The average molecular weight is 524 g/mol. The number of nitrogens with one attached hydrogen (secondary N) is 2. The van der Waals surface area contributed by atoms with Crippen LogP contribution in [0.25, 0.3) is 0 Å². The second-order valence-corrected chi connectivity index (χ2v) is 10.6. The van der Waals surface area contributed by atoms with Gasteiger partial charge in [0.2, 0.25) is 17.5 Å². The quantitative estimate of drug-likeness (QED) is 0.162. The molecule has 11 heteroatoms. The molecular weight excluding hydrogens is 485 g/mol. The van der Waals surface area contributed by atoms with Crippen molar-refractivity contribution in [1.82, 2.24) is 25.4 Å². The first kappa shape index (κ1) is 26.9. The molecule has 3 N–H and O–H groups in total. The van der Waals surface area contributed by atoms with Gasteiger partial charge in [-0.15, -0.1) is 0 Å². The number of hydroxylamine groups is 2.